The van der Waals surface area contributed by atoms with Crippen molar-refractivity contribution in [2.75, 3.05) is 26.7 Å². The molecule has 0 saturated heterocycles. The number of nitrogens with zero attached hydrogens (tertiary/aromatic N) is 3. The van der Waals surface area contributed by atoms with E-state index in [2.05, 4.69) is 15.7 Å². The highest BCUT2D eigenvalue weighted by atomic mass is 16.5. The van der Waals surface area contributed by atoms with Gasteiger partial charge in [0.1, 0.15) is 13.2 Å². The first-order valence-corrected chi connectivity index (χ1v) is 3.36. The van der Waals surface area contributed by atoms with Crippen LogP contribution in [0.2, 0.25) is 0 Å². The molecule has 0 aromatic heterocycles. The molecule has 0 rings (SSSR count). The van der Waals surface area contributed by atoms with Crippen LogP contribution >= 0.6 is 0 Å². The standard InChI is InChI=1S/C7H10N3O2/c1-10(3-2-9-6-8)4-5-12-7-11/h7H,3-5H2,1H3/q+1. The van der Waals surface area contributed by atoms with Gasteiger partial charge in [0.2, 0.25) is 0 Å². The summed E-state index contributed by atoms with van der Waals surface area (Å²) in [6.07, 6.45) is 1.59. The largest absolute Gasteiger partial charge is 0.578 e. The van der Waals surface area contributed by atoms with Gasteiger partial charge in [-0.1, -0.05) is 4.85 Å². The highest BCUT2D eigenvalue weighted by Gasteiger charge is 1.96. The van der Waals surface area contributed by atoms with Crippen LogP contribution in [0.15, 0.2) is 0 Å². The van der Waals surface area contributed by atoms with Crippen LogP contribution in [0.25, 0.3) is 4.85 Å². The normalized spacial score (nSPS) is 8.08. The third-order valence-electron chi connectivity index (χ3n) is 1.13. The quantitative estimate of drug-likeness (QED) is 0.249. The van der Waals surface area contributed by atoms with E-state index < -0.39 is 0 Å². The topological polar surface area (TPSA) is 57.7 Å². The Labute approximate surface area is 71.0 Å². The molecule has 5 nitrogen and oxygen atoms in total. The fraction of sp³-hybridized carbons (Fsp3) is 0.571. The van der Waals surface area contributed by atoms with Gasteiger partial charge in [0.15, 0.2) is 11.3 Å². The van der Waals surface area contributed by atoms with Crippen molar-refractivity contribution in [3.05, 3.63) is 4.85 Å². The summed E-state index contributed by atoms with van der Waals surface area (Å²) in [5.41, 5.74) is 0. The van der Waals surface area contributed by atoms with Gasteiger partial charge in [0.05, 0.1) is 0 Å². The summed E-state index contributed by atoms with van der Waals surface area (Å²) < 4.78 is 4.46. The van der Waals surface area contributed by atoms with Crippen molar-refractivity contribution in [2.24, 2.45) is 0 Å². The third kappa shape index (κ3) is 6.53. The number of rotatable bonds is 5. The van der Waals surface area contributed by atoms with Crippen LogP contribution in [-0.2, 0) is 9.53 Å². The SMILES string of the molecule is CN(CC#[N+]C#N)CCOC=O. The Morgan fingerprint density at radius 3 is 3.08 bits per heavy atom. The van der Waals surface area contributed by atoms with E-state index in [9.17, 15) is 4.79 Å². The molecule has 0 N–H and O–H groups in total. The van der Waals surface area contributed by atoms with Gasteiger partial charge in [-0.15, -0.1) is 0 Å². The maximum absolute atomic E-state index is 9.73. The molecule has 5 heteroatoms. The first-order chi connectivity index (χ1) is 5.81. The van der Waals surface area contributed by atoms with E-state index in [-0.39, 0.29) is 0 Å². The Balaban J connectivity index is 3.40. The van der Waals surface area contributed by atoms with Crippen molar-refractivity contribution in [3.8, 4) is 12.3 Å². The Morgan fingerprint density at radius 2 is 2.50 bits per heavy atom. The first-order valence-electron chi connectivity index (χ1n) is 3.36. The molecule has 0 heterocycles. The van der Waals surface area contributed by atoms with Crippen LogP contribution in [0.5, 0.6) is 0 Å². The average molecular weight is 168 g/mol. The second-order valence-corrected chi connectivity index (χ2v) is 2.07. The van der Waals surface area contributed by atoms with Gasteiger partial charge in [-0.25, -0.2) is 0 Å². The molecule has 0 aliphatic carbocycles. The van der Waals surface area contributed by atoms with Crippen LogP contribution < -0.4 is 0 Å². The molecule has 0 atom stereocenters. The lowest BCUT2D eigenvalue weighted by molar-refractivity contribution is -0.128. The highest BCUT2D eigenvalue weighted by Crippen LogP contribution is 1.80. The van der Waals surface area contributed by atoms with Crippen molar-refractivity contribution < 1.29 is 9.53 Å². The molecule has 0 unspecified atom stereocenters. The maximum Gasteiger partial charge on any atom is 0.578 e. The van der Waals surface area contributed by atoms with Crippen molar-refractivity contribution in [3.63, 3.8) is 0 Å². The van der Waals surface area contributed by atoms with E-state index in [1.165, 1.54) is 0 Å². The van der Waals surface area contributed by atoms with Crippen LogP contribution in [0.3, 0.4) is 0 Å². The molecule has 64 valence electrons. The number of carbonyl (C=O) groups is 1. The molecule has 12 heavy (non-hydrogen) atoms. The number of nitriles is 1. The molecular weight excluding hydrogens is 158 g/mol. The second-order valence-electron chi connectivity index (χ2n) is 2.07. The fourth-order valence-corrected chi connectivity index (χ4v) is 0.527. The zero-order valence-electron chi connectivity index (χ0n) is 6.86. The van der Waals surface area contributed by atoms with Gasteiger partial charge in [-0.2, -0.15) is 0 Å². The molecule has 0 saturated carbocycles. The Hall–Kier alpha value is -1.59. The van der Waals surface area contributed by atoms with Crippen LogP contribution in [-0.4, -0.2) is 38.1 Å². The van der Waals surface area contributed by atoms with E-state index >= 15 is 0 Å². The smallest absolute Gasteiger partial charge is 0.467 e. The van der Waals surface area contributed by atoms with Crippen LogP contribution in [0, 0.1) is 17.5 Å². The predicted molar refractivity (Wildman–Crippen MR) is 42.4 cm³/mol. The second kappa shape index (κ2) is 7.52. The van der Waals surface area contributed by atoms with Gasteiger partial charge in [0, 0.05) is 6.54 Å². The van der Waals surface area contributed by atoms with Gasteiger partial charge >= 0.3 is 6.19 Å². The summed E-state index contributed by atoms with van der Waals surface area (Å²) in [6, 6.07) is 2.51. The summed E-state index contributed by atoms with van der Waals surface area (Å²) in [6.45, 7) is 1.80. The summed E-state index contributed by atoms with van der Waals surface area (Å²) in [5, 5.41) is 8.02. The summed E-state index contributed by atoms with van der Waals surface area (Å²) in [4.78, 5) is 14.8. The monoisotopic (exact) mass is 168 g/mol. The molecule has 0 fully saturated rings. The number of likely N-dealkylation sites (N-methyl/N-ethyl adjacent to an activating group) is 1. The minimum Gasteiger partial charge on any atom is -0.467 e. The molecule has 0 bridgehead atoms. The zero-order chi connectivity index (χ0) is 9.23. The van der Waals surface area contributed by atoms with Crippen LogP contribution in [0.4, 0.5) is 0 Å². The lowest BCUT2D eigenvalue weighted by atomic mass is 10.5. The summed E-state index contributed by atoms with van der Waals surface area (Å²) in [7, 11) is 1.81. The number of hydrogen-bond donors (Lipinski definition) is 0. The fourth-order valence-electron chi connectivity index (χ4n) is 0.527. The molecule has 0 aromatic rings. The first kappa shape index (κ1) is 10.4. The van der Waals surface area contributed by atoms with Gasteiger partial charge in [-0.05, 0) is 7.05 Å². The summed E-state index contributed by atoms with van der Waals surface area (Å²) in [5.74, 6) is 0. The van der Waals surface area contributed by atoms with Gasteiger partial charge in [-0.3, -0.25) is 9.69 Å². The van der Waals surface area contributed by atoms with Crippen molar-refractivity contribution in [1.82, 2.24) is 4.90 Å². The summed E-state index contributed by atoms with van der Waals surface area (Å²) >= 11 is 0. The molecule has 0 aliphatic rings. The Morgan fingerprint density at radius 1 is 1.75 bits per heavy atom. The van der Waals surface area contributed by atoms with E-state index in [0.717, 1.165) is 0 Å². The number of ether oxygens (including phenoxy) is 1. The highest BCUT2D eigenvalue weighted by molar-refractivity contribution is 5.36. The molecule has 0 radical (unpaired) electrons. The predicted octanol–water partition coefficient (Wildman–Crippen LogP) is -0.0948. The average Bonchev–Trinajstić information content (AvgIpc) is 2.06. The van der Waals surface area contributed by atoms with Crippen molar-refractivity contribution in [1.29, 1.82) is 5.26 Å². The van der Waals surface area contributed by atoms with Gasteiger partial charge in [0.25, 0.3) is 6.47 Å². The van der Waals surface area contributed by atoms with E-state index in [1.807, 2.05) is 11.9 Å². The van der Waals surface area contributed by atoms with E-state index in [1.54, 1.807) is 6.19 Å². The Bertz CT molecular complexity index is 223. The molecular formula is C7H10N3O2+. The lowest BCUT2D eigenvalue weighted by Crippen LogP contribution is -2.23. The van der Waals surface area contributed by atoms with Crippen molar-refractivity contribution in [2.45, 2.75) is 0 Å². The molecule has 0 spiro atoms. The third-order valence-corrected chi connectivity index (χ3v) is 1.13. The van der Waals surface area contributed by atoms with E-state index in [4.69, 9.17) is 5.26 Å². The molecule has 0 amide bonds. The maximum atomic E-state index is 9.73. The minimum atomic E-state index is 0.342. The minimum absolute atomic E-state index is 0.342. The number of carbonyl (C=O) groups excluding carboxylic acids is 1. The Kier molecular flexibility index (Phi) is 6.52. The van der Waals surface area contributed by atoms with Crippen LogP contribution in [0.1, 0.15) is 0 Å². The van der Waals surface area contributed by atoms with Gasteiger partial charge < -0.3 is 4.74 Å². The van der Waals surface area contributed by atoms with Crippen molar-refractivity contribution >= 4 is 6.47 Å². The number of hydrogen-bond acceptors (Lipinski definition) is 4. The molecule has 0 aliphatic heterocycles. The molecule has 0 aromatic carbocycles. The van der Waals surface area contributed by atoms with E-state index in [0.29, 0.717) is 26.2 Å². The lowest BCUT2D eigenvalue weighted by Gasteiger charge is -2.09. The zero-order valence-corrected chi connectivity index (χ0v) is 6.86.